The number of aliphatic hydroxyl groups excluding tert-OH is 1. The molecule has 0 saturated carbocycles. The van der Waals surface area contributed by atoms with Crippen molar-refractivity contribution in [3.8, 4) is 0 Å². The summed E-state index contributed by atoms with van der Waals surface area (Å²) >= 11 is 1.42. The number of benzene rings is 1. The third-order valence-corrected chi connectivity index (χ3v) is 5.85. The summed E-state index contributed by atoms with van der Waals surface area (Å²) < 4.78 is 0. The first-order chi connectivity index (χ1) is 17.0. The number of aliphatic hydroxyl groups is 1. The van der Waals surface area contributed by atoms with Gasteiger partial charge in [0.2, 0.25) is 17.7 Å². The zero-order valence-corrected chi connectivity index (χ0v) is 21.0. The highest BCUT2D eigenvalue weighted by Crippen LogP contribution is 2.07. The number of carbonyl (C=O) groups excluding carboxylic acids is 3. The molecular formula is C23H34N4O8S. The molecule has 12 nitrogen and oxygen atoms in total. The van der Waals surface area contributed by atoms with E-state index >= 15 is 0 Å². The third kappa shape index (κ3) is 11.1. The van der Waals surface area contributed by atoms with Gasteiger partial charge in [0.1, 0.15) is 18.1 Å². The van der Waals surface area contributed by atoms with Gasteiger partial charge < -0.3 is 37.0 Å². The minimum Gasteiger partial charge on any atom is -0.481 e. The Morgan fingerprint density at radius 3 is 2.06 bits per heavy atom. The standard InChI is InChI=1S/C23H34N4O8S/c1-13(28)19(27-20(31)15(24)8-9-18(29)30)22(33)26-17(12-14-6-4-3-5-7-14)21(32)25-16(23(34)35)10-11-36-2/h3-7,13,15-17,19,28H,8-12,24H2,1-2H3,(H,25,32)(H,26,33)(H,27,31)(H,29,30)(H,34,35). The maximum absolute atomic E-state index is 13.0. The van der Waals surface area contributed by atoms with Crippen molar-refractivity contribution in [3.05, 3.63) is 35.9 Å². The normalized spacial score (nSPS) is 15.0. The Morgan fingerprint density at radius 1 is 0.917 bits per heavy atom. The second kappa shape index (κ2) is 15.8. The van der Waals surface area contributed by atoms with E-state index in [4.69, 9.17) is 10.8 Å². The fourth-order valence-electron chi connectivity index (χ4n) is 3.16. The van der Waals surface area contributed by atoms with Crippen LogP contribution in [0.2, 0.25) is 0 Å². The first kappa shape index (κ1) is 30.9. The van der Waals surface area contributed by atoms with Crippen molar-refractivity contribution in [3.63, 3.8) is 0 Å². The number of carboxylic acids is 2. The molecule has 1 aromatic rings. The molecule has 0 fully saturated rings. The van der Waals surface area contributed by atoms with Crippen LogP contribution in [0.3, 0.4) is 0 Å². The predicted octanol–water partition coefficient (Wildman–Crippen LogP) is -0.906. The van der Waals surface area contributed by atoms with Gasteiger partial charge >= 0.3 is 11.9 Å². The maximum Gasteiger partial charge on any atom is 0.326 e. The molecular weight excluding hydrogens is 492 g/mol. The van der Waals surface area contributed by atoms with Gasteiger partial charge in [-0.25, -0.2) is 4.79 Å². The summed E-state index contributed by atoms with van der Waals surface area (Å²) in [5.74, 6) is -4.35. The number of amides is 3. The van der Waals surface area contributed by atoms with E-state index in [0.29, 0.717) is 11.3 Å². The number of rotatable bonds is 16. The van der Waals surface area contributed by atoms with Crippen LogP contribution in [0.25, 0.3) is 0 Å². The van der Waals surface area contributed by atoms with Crippen LogP contribution in [0.15, 0.2) is 30.3 Å². The number of hydrogen-bond donors (Lipinski definition) is 7. The zero-order chi connectivity index (χ0) is 27.3. The number of thioether (sulfide) groups is 1. The molecule has 0 aliphatic carbocycles. The molecule has 5 unspecified atom stereocenters. The van der Waals surface area contributed by atoms with Crippen molar-refractivity contribution < 1.29 is 39.3 Å². The summed E-state index contributed by atoms with van der Waals surface area (Å²) in [6.45, 7) is 1.25. The van der Waals surface area contributed by atoms with Gasteiger partial charge in [0.15, 0.2) is 0 Å². The van der Waals surface area contributed by atoms with Gasteiger partial charge in [-0.2, -0.15) is 11.8 Å². The summed E-state index contributed by atoms with van der Waals surface area (Å²) in [5.41, 5.74) is 6.36. The average molecular weight is 527 g/mol. The molecule has 0 aromatic heterocycles. The van der Waals surface area contributed by atoms with Crippen LogP contribution < -0.4 is 21.7 Å². The van der Waals surface area contributed by atoms with Gasteiger partial charge in [-0.05, 0) is 37.3 Å². The zero-order valence-electron chi connectivity index (χ0n) is 20.2. The van der Waals surface area contributed by atoms with Gasteiger partial charge in [0.25, 0.3) is 0 Å². The van der Waals surface area contributed by atoms with E-state index in [1.807, 2.05) is 0 Å². The molecule has 1 aromatic carbocycles. The van der Waals surface area contributed by atoms with Crippen LogP contribution in [-0.4, -0.2) is 87.3 Å². The Hall–Kier alpha value is -3.16. The molecule has 0 aliphatic heterocycles. The Morgan fingerprint density at radius 2 is 1.53 bits per heavy atom. The van der Waals surface area contributed by atoms with Crippen molar-refractivity contribution in [1.29, 1.82) is 0 Å². The third-order valence-electron chi connectivity index (χ3n) is 5.21. The minimum atomic E-state index is -1.49. The molecule has 13 heteroatoms. The van der Waals surface area contributed by atoms with Crippen molar-refractivity contribution in [2.24, 2.45) is 5.73 Å². The largest absolute Gasteiger partial charge is 0.481 e. The van der Waals surface area contributed by atoms with Gasteiger partial charge in [-0.3, -0.25) is 19.2 Å². The average Bonchev–Trinajstić information content (AvgIpc) is 2.82. The first-order valence-electron chi connectivity index (χ1n) is 11.3. The van der Waals surface area contributed by atoms with E-state index in [2.05, 4.69) is 16.0 Å². The number of carboxylic acid groups (broad SMARTS) is 2. The Labute approximate surface area is 213 Å². The molecule has 5 atom stereocenters. The van der Waals surface area contributed by atoms with Crippen molar-refractivity contribution in [2.75, 3.05) is 12.0 Å². The summed E-state index contributed by atoms with van der Waals surface area (Å²) in [6.07, 6.45) is 0.0778. The van der Waals surface area contributed by atoms with Gasteiger partial charge in [-0.15, -0.1) is 0 Å². The van der Waals surface area contributed by atoms with Crippen LogP contribution in [-0.2, 0) is 30.4 Å². The first-order valence-corrected chi connectivity index (χ1v) is 12.7. The Bertz CT molecular complexity index is 899. The molecule has 0 heterocycles. The minimum absolute atomic E-state index is 0.0197. The summed E-state index contributed by atoms with van der Waals surface area (Å²) in [4.78, 5) is 60.6. The molecule has 0 bridgehead atoms. The number of nitrogens with one attached hydrogen (secondary N) is 3. The van der Waals surface area contributed by atoms with E-state index in [0.717, 1.165) is 0 Å². The van der Waals surface area contributed by atoms with Crippen LogP contribution >= 0.6 is 11.8 Å². The monoisotopic (exact) mass is 526 g/mol. The second-order valence-electron chi connectivity index (χ2n) is 8.20. The quantitative estimate of drug-likeness (QED) is 0.141. The SMILES string of the molecule is CSCCC(NC(=O)C(Cc1ccccc1)NC(=O)C(NC(=O)C(N)CCC(=O)O)C(C)O)C(=O)O. The fraction of sp³-hybridized carbons (Fsp3) is 0.522. The topological polar surface area (TPSA) is 208 Å². The summed E-state index contributed by atoms with van der Waals surface area (Å²) in [6, 6.07) is 3.59. The predicted molar refractivity (Wildman–Crippen MR) is 133 cm³/mol. The highest BCUT2D eigenvalue weighted by atomic mass is 32.2. The lowest BCUT2D eigenvalue weighted by Crippen LogP contribution is -2.60. The summed E-state index contributed by atoms with van der Waals surface area (Å²) in [7, 11) is 0. The maximum atomic E-state index is 13.0. The molecule has 3 amide bonds. The van der Waals surface area contributed by atoms with Crippen LogP contribution in [0.1, 0.15) is 31.7 Å². The van der Waals surface area contributed by atoms with E-state index in [9.17, 15) is 34.2 Å². The Kier molecular flexibility index (Phi) is 13.5. The van der Waals surface area contributed by atoms with Crippen molar-refractivity contribution in [1.82, 2.24) is 16.0 Å². The molecule has 0 spiro atoms. The number of aliphatic carboxylic acids is 2. The molecule has 8 N–H and O–H groups in total. The second-order valence-corrected chi connectivity index (χ2v) is 9.18. The van der Waals surface area contributed by atoms with E-state index in [-0.39, 0.29) is 25.7 Å². The van der Waals surface area contributed by atoms with Crippen molar-refractivity contribution in [2.45, 2.75) is 62.9 Å². The van der Waals surface area contributed by atoms with Crippen LogP contribution in [0.4, 0.5) is 0 Å². The van der Waals surface area contributed by atoms with Crippen LogP contribution in [0, 0.1) is 0 Å². The highest BCUT2D eigenvalue weighted by Gasteiger charge is 2.32. The Balaban J connectivity index is 3.04. The molecule has 200 valence electrons. The number of nitrogens with two attached hydrogens (primary N) is 1. The van der Waals surface area contributed by atoms with Gasteiger partial charge in [0.05, 0.1) is 12.1 Å². The number of hydrogen-bond acceptors (Lipinski definition) is 8. The van der Waals surface area contributed by atoms with E-state index in [1.54, 1.807) is 36.6 Å². The van der Waals surface area contributed by atoms with E-state index < -0.39 is 59.9 Å². The van der Waals surface area contributed by atoms with E-state index in [1.165, 1.54) is 18.7 Å². The lowest BCUT2D eigenvalue weighted by atomic mass is 10.0. The molecule has 1 rings (SSSR count). The molecule has 36 heavy (non-hydrogen) atoms. The van der Waals surface area contributed by atoms with Crippen LogP contribution in [0.5, 0.6) is 0 Å². The van der Waals surface area contributed by atoms with Gasteiger partial charge in [-0.1, -0.05) is 30.3 Å². The fourth-order valence-corrected chi connectivity index (χ4v) is 3.63. The molecule has 0 radical (unpaired) electrons. The molecule has 0 aliphatic rings. The lowest BCUT2D eigenvalue weighted by Gasteiger charge is -2.26. The number of carbonyl (C=O) groups is 5. The smallest absolute Gasteiger partial charge is 0.326 e. The summed E-state index contributed by atoms with van der Waals surface area (Å²) in [5, 5.41) is 35.5. The molecule has 0 saturated heterocycles. The lowest BCUT2D eigenvalue weighted by molar-refractivity contribution is -0.142. The van der Waals surface area contributed by atoms with Gasteiger partial charge in [0, 0.05) is 12.8 Å². The van der Waals surface area contributed by atoms with Crippen molar-refractivity contribution >= 4 is 41.4 Å². The highest BCUT2D eigenvalue weighted by molar-refractivity contribution is 7.98.